The van der Waals surface area contributed by atoms with Crippen molar-refractivity contribution < 1.29 is 19.2 Å². The summed E-state index contributed by atoms with van der Waals surface area (Å²) >= 11 is 0. The highest BCUT2D eigenvalue weighted by molar-refractivity contribution is 5.94. The average Bonchev–Trinajstić information content (AvgIpc) is 2.77. The number of rotatable bonds is 7. The Hall–Kier alpha value is -3.42. The topological polar surface area (TPSA) is 102 Å². The summed E-state index contributed by atoms with van der Waals surface area (Å²) < 4.78 is 5.51. The monoisotopic (exact) mass is 397 g/mol. The Morgan fingerprint density at radius 1 is 1.10 bits per heavy atom. The Labute approximate surface area is 168 Å². The van der Waals surface area contributed by atoms with Crippen LogP contribution in [-0.4, -0.2) is 47.9 Å². The fourth-order valence-corrected chi connectivity index (χ4v) is 3.24. The van der Waals surface area contributed by atoms with E-state index in [0.717, 1.165) is 12.8 Å². The van der Waals surface area contributed by atoms with E-state index in [2.05, 4.69) is 5.32 Å². The minimum atomic E-state index is -0.523. The first-order chi connectivity index (χ1) is 14.0. The maximum atomic E-state index is 12.3. The van der Waals surface area contributed by atoms with Crippen molar-refractivity contribution in [1.29, 1.82) is 0 Å². The SMILES string of the molecule is O=C(NCC1CCN(C(=O)COc2ccccc2)CC1)c1cccc([N+](=O)[O-])c1. The third-order valence-electron chi connectivity index (χ3n) is 4.94. The molecule has 3 rings (SSSR count). The van der Waals surface area contributed by atoms with Crippen molar-refractivity contribution >= 4 is 17.5 Å². The van der Waals surface area contributed by atoms with Gasteiger partial charge in [-0.3, -0.25) is 19.7 Å². The van der Waals surface area contributed by atoms with Gasteiger partial charge in [-0.2, -0.15) is 0 Å². The standard InChI is InChI=1S/C21H23N3O5/c25-20(15-29-19-7-2-1-3-8-19)23-11-9-16(10-12-23)14-22-21(26)17-5-4-6-18(13-17)24(27)28/h1-8,13,16H,9-12,14-15H2,(H,22,26). The number of ether oxygens (including phenoxy) is 1. The lowest BCUT2D eigenvalue weighted by Gasteiger charge is -2.32. The molecule has 1 N–H and O–H groups in total. The van der Waals surface area contributed by atoms with Gasteiger partial charge in [0.25, 0.3) is 17.5 Å². The summed E-state index contributed by atoms with van der Waals surface area (Å²) in [6, 6.07) is 14.9. The Morgan fingerprint density at radius 3 is 2.52 bits per heavy atom. The summed E-state index contributed by atoms with van der Waals surface area (Å²) in [5.74, 6) is 0.549. The van der Waals surface area contributed by atoms with E-state index in [-0.39, 0.29) is 35.6 Å². The third-order valence-corrected chi connectivity index (χ3v) is 4.94. The quantitative estimate of drug-likeness (QED) is 0.572. The first-order valence-electron chi connectivity index (χ1n) is 9.51. The van der Waals surface area contributed by atoms with Crippen molar-refractivity contribution in [3.05, 3.63) is 70.3 Å². The molecule has 0 bridgehead atoms. The fraction of sp³-hybridized carbons (Fsp3) is 0.333. The average molecular weight is 397 g/mol. The summed E-state index contributed by atoms with van der Waals surface area (Å²) in [6.45, 7) is 1.73. The Morgan fingerprint density at radius 2 is 1.83 bits per heavy atom. The van der Waals surface area contributed by atoms with Gasteiger partial charge in [0.1, 0.15) is 5.75 Å². The number of para-hydroxylation sites is 1. The Balaban J connectivity index is 1.40. The molecule has 2 aromatic carbocycles. The van der Waals surface area contributed by atoms with Crippen LogP contribution < -0.4 is 10.1 Å². The zero-order valence-corrected chi connectivity index (χ0v) is 16.0. The van der Waals surface area contributed by atoms with Gasteiger partial charge < -0.3 is 15.0 Å². The van der Waals surface area contributed by atoms with Gasteiger partial charge in [-0.15, -0.1) is 0 Å². The molecule has 29 heavy (non-hydrogen) atoms. The second-order valence-electron chi connectivity index (χ2n) is 6.94. The van der Waals surface area contributed by atoms with Gasteiger partial charge in [0.2, 0.25) is 0 Å². The molecule has 1 heterocycles. The van der Waals surface area contributed by atoms with Gasteiger partial charge in [0, 0.05) is 37.3 Å². The van der Waals surface area contributed by atoms with E-state index in [1.54, 1.807) is 11.0 Å². The van der Waals surface area contributed by atoms with Crippen LogP contribution in [0.1, 0.15) is 23.2 Å². The summed E-state index contributed by atoms with van der Waals surface area (Å²) in [6.07, 6.45) is 1.57. The molecule has 0 aliphatic carbocycles. The number of nitrogens with zero attached hydrogens (tertiary/aromatic N) is 2. The molecule has 1 fully saturated rings. The number of piperidine rings is 1. The second kappa shape index (κ2) is 9.68. The van der Waals surface area contributed by atoms with Crippen molar-refractivity contribution in [3.8, 4) is 5.75 Å². The zero-order chi connectivity index (χ0) is 20.6. The number of benzene rings is 2. The van der Waals surface area contributed by atoms with Crippen molar-refractivity contribution in [1.82, 2.24) is 10.2 Å². The fourth-order valence-electron chi connectivity index (χ4n) is 3.24. The smallest absolute Gasteiger partial charge is 0.270 e. The van der Waals surface area contributed by atoms with Crippen molar-refractivity contribution in [3.63, 3.8) is 0 Å². The van der Waals surface area contributed by atoms with E-state index in [1.807, 2.05) is 30.3 Å². The van der Waals surface area contributed by atoms with E-state index in [4.69, 9.17) is 4.74 Å². The molecule has 2 amide bonds. The molecule has 152 valence electrons. The molecule has 0 spiro atoms. The second-order valence-corrected chi connectivity index (χ2v) is 6.94. The summed E-state index contributed by atoms with van der Waals surface area (Å²) in [5, 5.41) is 13.7. The number of hydrogen-bond acceptors (Lipinski definition) is 5. The first kappa shape index (κ1) is 20.3. The van der Waals surface area contributed by atoms with Gasteiger partial charge in [-0.05, 0) is 37.0 Å². The molecular formula is C21H23N3O5. The van der Waals surface area contributed by atoms with Gasteiger partial charge in [-0.1, -0.05) is 24.3 Å². The maximum Gasteiger partial charge on any atom is 0.270 e. The predicted octanol–water partition coefficient (Wildman–Crippen LogP) is 2.64. The first-order valence-corrected chi connectivity index (χ1v) is 9.51. The van der Waals surface area contributed by atoms with Crippen LogP contribution in [-0.2, 0) is 4.79 Å². The summed E-state index contributed by atoms with van der Waals surface area (Å²) in [7, 11) is 0. The van der Waals surface area contributed by atoms with Crippen LogP contribution in [0.3, 0.4) is 0 Å². The minimum Gasteiger partial charge on any atom is -0.484 e. The largest absolute Gasteiger partial charge is 0.484 e. The number of carbonyl (C=O) groups is 2. The van der Waals surface area contributed by atoms with Gasteiger partial charge in [0.05, 0.1) is 4.92 Å². The van der Waals surface area contributed by atoms with Crippen LogP contribution in [0.2, 0.25) is 0 Å². The lowest BCUT2D eigenvalue weighted by atomic mass is 9.96. The number of nitro groups is 1. The zero-order valence-electron chi connectivity index (χ0n) is 16.0. The molecular weight excluding hydrogens is 374 g/mol. The molecule has 1 aliphatic rings. The molecule has 8 heteroatoms. The van der Waals surface area contributed by atoms with Crippen molar-refractivity contribution in [2.24, 2.45) is 5.92 Å². The van der Waals surface area contributed by atoms with Crippen LogP contribution in [0.4, 0.5) is 5.69 Å². The number of nitro benzene ring substituents is 1. The number of nitrogens with one attached hydrogen (secondary N) is 1. The molecule has 0 atom stereocenters. The Bertz CT molecular complexity index is 864. The van der Waals surface area contributed by atoms with E-state index in [9.17, 15) is 19.7 Å². The highest BCUT2D eigenvalue weighted by Crippen LogP contribution is 2.18. The van der Waals surface area contributed by atoms with Crippen LogP contribution >= 0.6 is 0 Å². The summed E-state index contributed by atoms with van der Waals surface area (Å²) in [4.78, 5) is 36.6. The maximum absolute atomic E-state index is 12.3. The molecule has 0 radical (unpaired) electrons. The van der Waals surface area contributed by atoms with Crippen molar-refractivity contribution in [2.75, 3.05) is 26.2 Å². The lowest BCUT2D eigenvalue weighted by molar-refractivity contribution is -0.384. The van der Waals surface area contributed by atoms with Crippen LogP contribution in [0.5, 0.6) is 5.75 Å². The number of amides is 2. The molecule has 0 saturated carbocycles. The highest BCUT2D eigenvalue weighted by atomic mass is 16.6. The van der Waals surface area contributed by atoms with E-state index in [0.29, 0.717) is 25.4 Å². The summed E-state index contributed by atoms with van der Waals surface area (Å²) in [5.41, 5.74) is 0.159. The number of carbonyl (C=O) groups excluding carboxylic acids is 2. The van der Waals surface area contributed by atoms with E-state index < -0.39 is 4.92 Å². The number of non-ortho nitro benzene ring substituents is 1. The molecule has 2 aromatic rings. The van der Waals surface area contributed by atoms with Gasteiger partial charge in [0.15, 0.2) is 6.61 Å². The van der Waals surface area contributed by atoms with Crippen LogP contribution in [0.25, 0.3) is 0 Å². The van der Waals surface area contributed by atoms with Gasteiger partial charge in [-0.25, -0.2) is 0 Å². The minimum absolute atomic E-state index is 0.0121. The normalized spacial score (nSPS) is 14.3. The number of hydrogen-bond donors (Lipinski definition) is 1. The van der Waals surface area contributed by atoms with E-state index in [1.165, 1.54) is 18.2 Å². The highest BCUT2D eigenvalue weighted by Gasteiger charge is 2.23. The predicted molar refractivity (Wildman–Crippen MR) is 107 cm³/mol. The molecule has 8 nitrogen and oxygen atoms in total. The number of likely N-dealkylation sites (tertiary alicyclic amines) is 1. The van der Waals surface area contributed by atoms with Crippen LogP contribution in [0.15, 0.2) is 54.6 Å². The third kappa shape index (κ3) is 5.78. The molecule has 1 aliphatic heterocycles. The van der Waals surface area contributed by atoms with Crippen molar-refractivity contribution in [2.45, 2.75) is 12.8 Å². The molecule has 1 saturated heterocycles. The molecule has 0 unspecified atom stereocenters. The Kier molecular flexibility index (Phi) is 6.78. The molecule has 0 aromatic heterocycles. The van der Waals surface area contributed by atoms with Crippen LogP contribution in [0, 0.1) is 16.0 Å². The van der Waals surface area contributed by atoms with E-state index >= 15 is 0 Å². The lowest BCUT2D eigenvalue weighted by Crippen LogP contribution is -2.43. The van der Waals surface area contributed by atoms with Gasteiger partial charge >= 0.3 is 0 Å².